The van der Waals surface area contributed by atoms with E-state index in [9.17, 15) is 14.0 Å². The number of rotatable bonds is 6. The van der Waals surface area contributed by atoms with Crippen LogP contribution in [0.2, 0.25) is 0 Å². The van der Waals surface area contributed by atoms with E-state index in [1.54, 1.807) is 12.1 Å². The Morgan fingerprint density at radius 1 is 1.27 bits per heavy atom. The van der Waals surface area contributed by atoms with Crippen molar-refractivity contribution in [3.05, 3.63) is 59.2 Å². The highest BCUT2D eigenvalue weighted by Crippen LogP contribution is 2.40. The zero-order valence-electron chi connectivity index (χ0n) is 21.9. The maximum absolute atomic E-state index is 14.3. The molecule has 1 aromatic carbocycles. The summed E-state index contributed by atoms with van der Waals surface area (Å²) in [5, 5.41) is 3.51. The van der Waals surface area contributed by atoms with Gasteiger partial charge in [-0.3, -0.25) is 19.5 Å². The molecule has 3 aliphatic heterocycles. The summed E-state index contributed by atoms with van der Waals surface area (Å²) in [5.74, 6) is 0.0173. The zero-order valence-corrected chi connectivity index (χ0v) is 22.7. The monoisotopic (exact) mass is 529 g/mol. The molecule has 0 radical (unpaired) electrons. The molecular weight excluding hydrogens is 493 g/mol. The van der Waals surface area contributed by atoms with Gasteiger partial charge < -0.3 is 15.1 Å². The first kappa shape index (κ1) is 27.5. The van der Waals surface area contributed by atoms with Crippen LogP contribution in [0.1, 0.15) is 50.4 Å². The Bertz CT molecular complexity index is 1160. The Morgan fingerprint density at radius 2 is 2.05 bits per heavy atom. The van der Waals surface area contributed by atoms with Crippen LogP contribution in [0.15, 0.2) is 36.5 Å². The molecule has 2 aromatic rings. The number of aromatic nitrogens is 1. The van der Waals surface area contributed by atoms with Gasteiger partial charge in [0.1, 0.15) is 5.82 Å². The van der Waals surface area contributed by atoms with E-state index in [2.05, 4.69) is 31.0 Å². The third-order valence-electron chi connectivity index (χ3n) is 7.73. The molecule has 0 unspecified atom stereocenters. The molecule has 4 heterocycles. The van der Waals surface area contributed by atoms with Gasteiger partial charge in [-0.25, -0.2) is 4.39 Å². The number of likely N-dealkylation sites (tertiary alicyclic amines) is 1. The number of halogens is 2. The van der Waals surface area contributed by atoms with Gasteiger partial charge in [0.15, 0.2) is 0 Å². The summed E-state index contributed by atoms with van der Waals surface area (Å²) in [6.45, 7) is 10.2. The topological polar surface area (TPSA) is 68.8 Å². The predicted octanol–water partition coefficient (Wildman–Crippen LogP) is 3.14. The molecule has 0 spiro atoms. The largest absolute Gasteiger partial charge is 0.341 e. The van der Waals surface area contributed by atoms with Gasteiger partial charge in [-0.15, -0.1) is 12.4 Å². The molecular formula is C28H37ClFN5O2. The average Bonchev–Trinajstić information content (AvgIpc) is 3.36. The number of amides is 2. The minimum absolute atomic E-state index is 0. The fourth-order valence-electron chi connectivity index (χ4n) is 5.77. The average molecular weight is 530 g/mol. The normalized spacial score (nSPS) is 23.2. The number of hydrogen-bond acceptors (Lipinski definition) is 5. The van der Waals surface area contributed by atoms with Gasteiger partial charge in [0.25, 0.3) is 0 Å². The van der Waals surface area contributed by atoms with Gasteiger partial charge in [-0.05, 0) is 36.6 Å². The van der Waals surface area contributed by atoms with Crippen molar-refractivity contribution in [2.24, 2.45) is 0 Å². The van der Waals surface area contributed by atoms with E-state index in [1.807, 2.05) is 28.1 Å². The molecule has 200 valence electrons. The van der Waals surface area contributed by atoms with Crippen LogP contribution in [0.3, 0.4) is 0 Å². The van der Waals surface area contributed by atoms with E-state index in [-0.39, 0.29) is 47.5 Å². The minimum Gasteiger partial charge on any atom is -0.341 e. The summed E-state index contributed by atoms with van der Waals surface area (Å²) in [6.07, 6.45) is 3.77. The number of piperazine rings is 1. The Hall–Kier alpha value is -2.55. The lowest BCUT2D eigenvalue weighted by atomic mass is 9.91. The van der Waals surface area contributed by atoms with Gasteiger partial charge in [-0.2, -0.15) is 0 Å². The van der Waals surface area contributed by atoms with Gasteiger partial charge in [-0.1, -0.05) is 32.0 Å². The summed E-state index contributed by atoms with van der Waals surface area (Å²) < 4.78 is 14.3. The van der Waals surface area contributed by atoms with Crippen molar-refractivity contribution >= 4 is 29.9 Å². The summed E-state index contributed by atoms with van der Waals surface area (Å²) >= 11 is 0. The Morgan fingerprint density at radius 3 is 2.78 bits per heavy atom. The number of benzene rings is 1. The highest BCUT2D eigenvalue weighted by atomic mass is 35.5. The molecule has 2 fully saturated rings. The minimum atomic E-state index is -0.264. The number of carbonyl (C=O) groups excluding carboxylic acids is 2. The molecule has 9 heteroatoms. The summed E-state index contributed by atoms with van der Waals surface area (Å²) in [4.78, 5) is 36.7. The van der Waals surface area contributed by atoms with Crippen LogP contribution >= 0.6 is 12.4 Å². The first-order valence-corrected chi connectivity index (χ1v) is 13.0. The van der Waals surface area contributed by atoms with E-state index >= 15 is 0 Å². The number of hydrogen-bond donors (Lipinski definition) is 1. The van der Waals surface area contributed by atoms with Crippen molar-refractivity contribution in [2.75, 3.05) is 44.2 Å². The standard InChI is InChI=1S/C28H36FN5O2.ClH/c1-19-15-33(22(14-30-19)16-32-10-6-9-25(32)35)17-26(36)34-18-28(2,3)27-24(34)12-20(13-31-27)11-21-7-4-5-8-23(21)29;/h4-5,7-8,12-13,19,22,30H,6,9-11,14-18H2,1-3H3;1H/t19-,22-;/m1./s1. The Balaban J connectivity index is 0.00000320. The Labute approximate surface area is 224 Å². The maximum Gasteiger partial charge on any atom is 0.241 e. The van der Waals surface area contributed by atoms with Crippen LogP contribution < -0.4 is 10.2 Å². The smallest absolute Gasteiger partial charge is 0.241 e. The SMILES string of the molecule is C[C@@H]1CN(CC(=O)N2CC(C)(C)c3ncc(Cc4ccccc4F)cc32)[C@@H](CN2CCCC2=O)CN1.Cl. The molecule has 0 aliphatic carbocycles. The number of anilines is 1. The lowest BCUT2D eigenvalue weighted by Gasteiger charge is -2.41. The second-order valence-electron chi connectivity index (χ2n) is 11.2. The molecule has 2 saturated heterocycles. The van der Waals surface area contributed by atoms with Crippen molar-refractivity contribution in [1.82, 2.24) is 20.1 Å². The fourth-order valence-corrected chi connectivity index (χ4v) is 5.77. The first-order chi connectivity index (χ1) is 17.2. The van der Waals surface area contributed by atoms with E-state index in [0.717, 1.165) is 43.0 Å². The van der Waals surface area contributed by atoms with Crippen LogP contribution in [0.5, 0.6) is 0 Å². The van der Waals surface area contributed by atoms with Crippen molar-refractivity contribution in [2.45, 2.75) is 57.5 Å². The second kappa shape index (κ2) is 11.1. The highest BCUT2D eigenvalue weighted by molar-refractivity contribution is 5.97. The second-order valence-corrected chi connectivity index (χ2v) is 11.2. The van der Waals surface area contributed by atoms with Crippen LogP contribution in [0, 0.1) is 5.82 Å². The molecule has 7 nitrogen and oxygen atoms in total. The molecule has 0 bridgehead atoms. The zero-order chi connectivity index (χ0) is 25.4. The van der Waals surface area contributed by atoms with Crippen LogP contribution in [0.4, 0.5) is 10.1 Å². The van der Waals surface area contributed by atoms with Gasteiger partial charge >= 0.3 is 0 Å². The van der Waals surface area contributed by atoms with Crippen molar-refractivity contribution in [3.63, 3.8) is 0 Å². The van der Waals surface area contributed by atoms with E-state index in [0.29, 0.717) is 38.0 Å². The van der Waals surface area contributed by atoms with Crippen LogP contribution in [0.25, 0.3) is 0 Å². The van der Waals surface area contributed by atoms with Gasteiger partial charge in [0.2, 0.25) is 11.8 Å². The lowest BCUT2D eigenvalue weighted by Crippen LogP contribution is -2.60. The van der Waals surface area contributed by atoms with Crippen molar-refractivity contribution < 1.29 is 14.0 Å². The molecule has 0 saturated carbocycles. The third kappa shape index (κ3) is 5.81. The Kier molecular flexibility index (Phi) is 8.21. The first-order valence-electron chi connectivity index (χ1n) is 13.0. The molecule has 1 N–H and O–H groups in total. The summed E-state index contributed by atoms with van der Waals surface area (Å²) in [7, 11) is 0. The number of carbonyl (C=O) groups is 2. The fraction of sp³-hybridized carbons (Fsp3) is 0.536. The van der Waals surface area contributed by atoms with Crippen LogP contribution in [-0.2, 0) is 21.4 Å². The maximum atomic E-state index is 14.3. The lowest BCUT2D eigenvalue weighted by molar-refractivity contribution is -0.128. The number of fused-ring (bicyclic) bond motifs is 1. The number of nitrogens with one attached hydrogen (secondary N) is 1. The van der Waals surface area contributed by atoms with E-state index < -0.39 is 0 Å². The van der Waals surface area contributed by atoms with Crippen LogP contribution in [-0.4, -0.2) is 78.0 Å². The van der Waals surface area contributed by atoms with Gasteiger partial charge in [0.05, 0.1) is 17.9 Å². The molecule has 3 aliphatic rings. The van der Waals surface area contributed by atoms with Crippen molar-refractivity contribution in [3.8, 4) is 0 Å². The van der Waals surface area contributed by atoms with E-state index in [4.69, 9.17) is 4.98 Å². The quantitative estimate of drug-likeness (QED) is 0.622. The van der Waals surface area contributed by atoms with E-state index in [1.165, 1.54) is 6.07 Å². The number of pyridine rings is 1. The molecule has 5 rings (SSSR count). The third-order valence-corrected chi connectivity index (χ3v) is 7.73. The summed E-state index contributed by atoms with van der Waals surface area (Å²) in [5.41, 5.74) is 2.97. The highest BCUT2D eigenvalue weighted by Gasteiger charge is 2.41. The van der Waals surface area contributed by atoms with Gasteiger partial charge in [0, 0.05) is 69.3 Å². The molecule has 2 atom stereocenters. The molecule has 2 amide bonds. The molecule has 1 aromatic heterocycles. The predicted molar refractivity (Wildman–Crippen MR) is 145 cm³/mol. The molecule has 37 heavy (non-hydrogen) atoms. The summed E-state index contributed by atoms with van der Waals surface area (Å²) in [6, 6.07) is 9.16. The number of nitrogens with zero attached hydrogens (tertiary/aromatic N) is 4. The van der Waals surface area contributed by atoms with Crippen molar-refractivity contribution in [1.29, 1.82) is 0 Å².